The number of benzene rings is 1. The number of rotatable bonds is 9. The Labute approximate surface area is 178 Å². The van der Waals surface area contributed by atoms with Crippen LogP contribution in [0.25, 0.3) is 0 Å². The van der Waals surface area contributed by atoms with E-state index in [1.54, 1.807) is 19.4 Å². The van der Waals surface area contributed by atoms with Gasteiger partial charge in [-0.25, -0.2) is 4.98 Å². The van der Waals surface area contributed by atoms with E-state index in [0.29, 0.717) is 40.6 Å². The molecule has 0 unspecified atom stereocenters. The zero-order valence-electron chi connectivity index (χ0n) is 16.5. The molecule has 0 aliphatic carbocycles. The molecule has 8 heteroatoms. The maximum atomic E-state index is 9.48. The van der Waals surface area contributed by atoms with Crippen LogP contribution >= 0.6 is 15.9 Å². The molecular formula is C21H21BrN4O3. The fraction of sp³-hybridized carbons (Fsp3) is 0.286. The lowest BCUT2D eigenvalue weighted by Crippen LogP contribution is -2.04. The molecule has 0 fully saturated rings. The first-order valence-electron chi connectivity index (χ1n) is 8.75. The lowest BCUT2D eigenvalue weighted by molar-refractivity contribution is 0.184. The van der Waals surface area contributed by atoms with E-state index in [1.165, 1.54) is 0 Å². The van der Waals surface area contributed by atoms with Crippen molar-refractivity contribution in [2.45, 2.75) is 20.5 Å². The highest BCUT2D eigenvalue weighted by atomic mass is 79.9. The second kappa shape index (κ2) is 11.1. The van der Waals surface area contributed by atoms with E-state index in [9.17, 15) is 5.26 Å². The van der Waals surface area contributed by atoms with Crippen molar-refractivity contribution in [1.29, 1.82) is 5.26 Å². The minimum absolute atomic E-state index is 0.132. The number of hydrogen-bond acceptors (Lipinski definition) is 7. The van der Waals surface area contributed by atoms with Crippen LogP contribution in [0.2, 0.25) is 0 Å². The number of terminal acetylenes is 1. The Morgan fingerprint density at radius 1 is 1.34 bits per heavy atom. The predicted octanol–water partition coefficient (Wildman–Crippen LogP) is 4.03. The largest absolute Gasteiger partial charge is 0.490 e. The molecule has 1 aromatic carbocycles. The molecule has 0 atom stereocenters. The highest BCUT2D eigenvalue weighted by molar-refractivity contribution is 9.10. The van der Waals surface area contributed by atoms with Gasteiger partial charge in [0, 0.05) is 18.4 Å². The highest BCUT2D eigenvalue weighted by Gasteiger charge is 2.13. The zero-order chi connectivity index (χ0) is 21.2. The van der Waals surface area contributed by atoms with Gasteiger partial charge in [0.2, 0.25) is 0 Å². The molecule has 2 aromatic rings. The molecule has 2 rings (SSSR count). The predicted molar refractivity (Wildman–Crippen MR) is 115 cm³/mol. The summed E-state index contributed by atoms with van der Waals surface area (Å²) in [7, 11) is 1.58. The Kier molecular flexibility index (Phi) is 8.47. The quantitative estimate of drug-likeness (QED) is 0.348. The Morgan fingerprint density at radius 3 is 2.79 bits per heavy atom. The summed E-state index contributed by atoms with van der Waals surface area (Å²) in [4.78, 5) is 4.35. The smallest absolute Gasteiger partial charge is 0.176 e. The van der Waals surface area contributed by atoms with Gasteiger partial charge >= 0.3 is 0 Å². The fourth-order valence-corrected chi connectivity index (χ4v) is 3.14. The SMILES string of the molecule is C#CCOc1c(Br)cc(C=NNc2nc(C)cc(COC)c2C#N)cc1OCC. The number of nitrogens with one attached hydrogen (secondary N) is 1. The maximum Gasteiger partial charge on any atom is 0.176 e. The minimum atomic E-state index is 0.132. The number of pyridine rings is 1. The number of anilines is 1. The van der Waals surface area contributed by atoms with Gasteiger partial charge in [-0.1, -0.05) is 5.92 Å². The number of nitrogens with zero attached hydrogens (tertiary/aromatic N) is 3. The number of hydrogen-bond donors (Lipinski definition) is 1. The lowest BCUT2D eigenvalue weighted by Gasteiger charge is -2.13. The number of halogens is 1. The molecule has 150 valence electrons. The summed E-state index contributed by atoms with van der Waals surface area (Å²) in [5.74, 6) is 3.88. The number of ether oxygens (including phenoxy) is 3. The molecule has 0 bridgehead atoms. The summed E-state index contributed by atoms with van der Waals surface area (Å²) in [6.07, 6.45) is 6.86. The van der Waals surface area contributed by atoms with Crippen LogP contribution in [-0.4, -0.2) is 31.5 Å². The fourth-order valence-electron chi connectivity index (χ4n) is 2.56. The summed E-state index contributed by atoms with van der Waals surface area (Å²) in [5.41, 5.74) is 5.49. The van der Waals surface area contributed by atoms with Crippen molar-refractivity contribution in [3.63, 3.8) is 0 Å². The number of nitriles is 1. The summed E-state index contributed by atoms with van der Waals surface area (Å²) in [6.45, 7) is 4.64. The Bertz CT molecular complexity index is 977. The van der Waals surface area contributed by atoms with Crippen molar-refractivity contribution in [3.05, 3.63) is 45.1 Å². The van der Waals surface area contributed by atoms with Crippen molar-refractivity contribution >= 4 is 28.0 Å². The third-order valence-electron chi connectivity index (χ3n) is 3.66. The molecule has 1 N–H and O–H groups in total. The van der Waals surface area contributed by atoms with Crippen LogP contribution in [0.15, 0.2) is 27.8 Å². The first-order chi connectivity index (χ1) is 14.0. The van der Waals surface area contributed by atoms with E-state index >= 15 is 0 Å². The third-order valence-corrected chi connectivity index (χ3v) is 4.25. The molecular weight excluding hydrogens is 436 g/mol. The van der Waals surface area contributed by atoms with E-state index in [0.717, 1.165) is 16.8 Å². The first-order valence-corrected chi connectivity index (χ1v) is 9.54. The van der Waals surface area contributed by atoms with Crippen LogP contribution in [0.4, 0.5) is 5.82 Å². The van der Waals surface area contributed by atoms with E-state index < -0.39 is 0 Å². The molecule has 1 heterocycles. The highest BCUT2D eigenvalue weighted by Crippen LogP contribution is 2.36. The molecule has 7 nitrogen and oxygen atoms in total. The average molecular weight is 457 g/mol. The van der Waals surface area contributed by atoms with Gasteiger partial charge in [0.1, 0.15) is 18.2 Å². The van der Waals surface area contributed by atoms with Crippen LogP contribution in [0.5, 0.6) is 11.5 Å². The Balaban J connectivity index is 2.29. The van der Waals surface area contributed by atoms with Crippen LogP contribution in [-0.2, 0) is 11.3 Å². The van der Waals surface area contributed by atoms with Gasteiger partial charge in [-0.15, -0.1) is 6.42 Å². The maximum absolute atomic E-state index is 9.48. The first kappa shape index (κ1) is 22.2. The van der Waals surface area contributed by atoms with Gasteiger partial charge in [-0.2, -0.15) is 10.4 Å². The summed E-state index contributed by atoms with van der Waals surface area (Å²) in [6, 6.07) is 7.58. The molecule has 0 saturated heterocycles. The van der Waals surface area contributed by atoms with Gasteiger partial charge in [-0.05, 0) is 53.5 Å². The van der Waals surface area contributed by atoms with Crippen LogP contribution in [0, 0.1) is 30.6 Å². The molecule has 0 aliphatic rings. The third kappa shape index (κ3) is 5.95. The van der Waals surface area contributed by atoms with E-state index in [-0.39, 0.29) is 6.61 Å². The summed E-state index contributed by atoms with van der Waals surface area (Å²) >= 11 is 3.47. The second-order valence-corrected chi connectivity index (χ2v) is 6.67. The van der Waals surface area contributed by atoms with Crippen LogP contribution in [0.1, 0.15) is 29.3 Å². The number of hydrazone groups is 1. The number of aryl methyl sites for hydroxylation is 1. The van der Waals surface area contributed by atoms with Crippen molar-refractivity contribution in [1.82, 2.24) is 4.98 Å². The van der Waals surface area contributed by atoms with Crippen LogP contribution < -0.4 is 14.9 Å². The molecule has 1 aromatic heterocycles. The van der Waals surface area contributed by atoms with Crippen molar-refractivity contribution < 1.29 is 14.2 Å². The molecule has 0 aliphatic heterocycles. The summed E-state index contributed by atoms with van der Waals surface area (Å²) in [5, 5.41) is 13.7. The van der Waals surface area contributed by atoms with Crippen molar-refractivity contribution in [2.24, 2.45) is 5.10 Å². The van der Waals surface area contributed by atoms with Crippen molar-refractivity contribution in [2.75, 3.05) is 25.7 Å². The Morgan fingerprint density at radius 2 is 2.14 bits per heavy atom. The van der Waals surface area contributed by atoms with Gasteiger partial charge in [0.05, 0.1) is 23.9 Å². The monoisotopic (exact) mass is 456 g/mol. The number of aromatic nitrogens is 1. The van der Waals surface area contributed by atoms with Gasteiger partial charge in [-0.3, -0.25) is 5.43 Å². The van der Waals surface area contributed by atoms with E-state index in [2.05, 4.69) is 43.4 Å². The standard InChI is InChI=1S/C21H21BrN4O3/c1-5-7-29-20-18(22)9-15(10-19(20)28-6-2)12-24-26-21-17(11-23)16(13-27-4)8-14(3)25-21/h1,8-10,12H,6-7,13H2,2-4H3,(H,25,26). The Hall–Kier alpha value is -3.07. The van der Waals surface area contributed by atoms with Gasteiger partial charge in [0.15, 0.2) is 17.3 Å². The average Bonchev–Trinajstić information content (AvgIpc) is 2.68. The normalized spacial score (nSPS) is 10.4. The molecule has 29 heavy (non-hydrogen) atoms. The topological polar surface area (TPSA) is 88.8 Å². The summed E-state index contributed by atoms with van der Waals surface area (Å²) < 4.78 is 17.0. The van der Waals surface area contributed by atoms with Gasteiger partial charge in [0.25, 0.3) is 0 Å². The molecule has 0 radical (unpaired) electrons. The van der Waals surface area contributed by atoms with Crippen LogP contribution in [0.3, 0.4) is 0 Å². The van der Waals surface area contributed by atoms with Gasteiger partial charge < -0.3 is 14.2 Å². The van der Waals surface area contributed by atoms with E-state index in [1.807, 2.05) is 26.0 Å². The zero-order valence-corrected chi connectivity index (χ0v) is 18.0. The minimum Gasteiger partial charge on any atom is -0.490 e. The van der Waals surface area contributed by atoms with E-state index in [4.69, 9.17) is 20.6 Å². The second-order valence-electron chi connectivity index (χ2n) is 5.82. The molecule has 0 spiro atoms. The lowest BCUT2D eigenvalue weighted by atomic mass is 10.1. The number of methoxy groups -OCH3 is 1. The van der Waals surface area contributed by atoms with Crippen molar-refractivity contribution in [3.8, 4) is 29.9 Å². The molecule has 0 amide bonds. The molecule has 0 saturated carbocycles.